The largest absolute Gasteiger partial charge is 0.397 e. The summed E-state index contributed by atoms with van der Waals surface area (Å²) in [5.41, 5.74) is 7.33. The van der Waals surface area contributed by atoms with Crippen molar-refractivity contribution in [3.05, 3.63) is 23.3 Å². The third kappa shape index (κ3) is 2.68. The molecule has 0 aliphatic carbocycles. The van der Waals surface area contributed by atoms with Crippen molar-refractivity contribution < 1.29 is 13.2 Å². The molecule has 0 atom stereocenters. The van der Waals surface area contributed by atoms with E-state index in [9.17, 15) is 8.42 Å². The summed E-state index contributed by atoms with van der Waals surface area (Å²) in [6.07, 6.45) is 0. The molecule has 20 heavy (non-hydrogen) atoms. The lowest BCUT2D eigenvalue weighted by Crippen LogP contribution is -2.50. The first-order valence-electron chi connectivity index (χ1n) is 6.65. The first kappa shape index (κ1) is 15.3. The lowest BCUT2D eigenvalue weighted by Gasteiger charge is -2.37. The first-order chi connectivity index (χ1) is 9.15. The Kier molecular flexibility index (Phi) is 3.83. The van der Waals surface area contributed by atoms with Crippen LogP contribution in [0.2, 0.25) is 0 Å². The van der Waals surface area contributed by atoms with E-state index in [1.54, 1.807) is 13.0 Å². The lowest BCUT2D eigenvalue weighted by atomic mass is 10.1. The van der Waals surface area contributed by atoms with E-state index in [-0.39, 0.29) is 4.90 Å². The van der Waals surface area contributed by atoms with Gasteiger partial charge in [-0.3, -0.25) is 0 Å². The topological polar surface area (TPSA) is 72.6 Å². The Morgan fingerprint density at radius 2 is 1.85 bits per heavy atom. The average Bonchev–Trinajstić information content (AvgIpc) is 2.33. The molecule has 0 amide bonds. The number of nitrogens with zero attached hydrogens (tertiary/aromatic N) is 1. The molecular formula is C14H22N2O3S. The number of morpholine rings is 1. The zero-order valence-corrected chi connectivity index (χ0v) is 13.3. The molecule has 0 bridgehead atoms. The number of hydrogen-bond donors (Lipinski definition) is 1. The van der Waals surface area contributed by atoms with Crippen LogP contribution in [0.1, 0.15) is 25.0 Å². The van der Waals surface area contributed by atoms with Crippen molar-refractivity contribution in [2.75, 3.05) is 25.4 Å². The predicted molar refractivity (Wildman–Crippen MR) is 79.1 cm³/mol. The molecule has 1 aliphatic rings. The molecule has 1 aliphatic heterocycles. The van der Waals surface area contributed by atoms with E-state index < -0.39 is 15.6 Å². The van der Waals surface area contributed by atoms with Gasteiger partial charge in [-0.15, -0.1) is 0 Å². The SMILES string of the molecule is Cc1ccc(C)c(S(=O)(=O)N2CCOC(C)(C)C2)c1N. The van der Waals surface area contributed by atoms with Crippen LogP contribution in [-0.2, 0) is 14.8 Å². The van der Waals surface area contributed by atoms with Gasteiger partial charge in [0.05, 0.1) is 17.9 Å². The van der Waals surface area contributed by atoms with Crippen LogP contribution in [0.4, 0.5) is 5.69 Å². The molecule has 0 radical (unpaired) electrons. The first-order valence-corrected chi connectivity index (χ1v) is 8.09. The molecule has 1 saturated heterocycles. The van der Waals surface area contributed by atoms with Gasteiger partial charge in [-0.1, -0.05) is 12.1 Å². The molecule has 1 aromatic carbocycles. The maximum absolute atomic E-state index is 12.9. The molecule has 0 spiro atoms. The van der Waals surface area contributed by atoms with Gasteiger partial charge in [-0.2, -0.15) is 4.31 Å². The smallest absolute Gasteiger partial charge is 0.245 e. The standard InChI is InChI=1S/C14H22N2O3S/c1-10-5-6-11(2)13(12(10)15)20(17,18)16-7-8-19-14(3,4)9-16/h5-6H,7-9,15H2,1-4H3. The molecule has 2 rings (SSSR count). The second-order valence-corrected chi connectivity index (χ2v) is 7.76. The van der Waals surface area contributed by atoms with E-state index in [0.29, 0.717) is 30.9 Å². The summed E-state index contributed by atoms with van der Waals surface area (Å²) < 4.78 is 32.8. The third-order valence-electron chi connectivity index (χ3n) is 3.60. The normalized spacial score (nSPS) is 20.0. The fraction of sp³-hybridized carbons (Fsp3) is 0.571. The molecule has 1 fully saturated rings. The van der Waals surface area contributed by atoms with Crippen molar-refractivity contribution in [1.82, 2.24) is 4.31 Å². The van der Waals surface area contributed by atoms with E-state index in [0.717, 1.165) is 5.56 Å². The summed E-state index contributed by atoms with van der Waals surface area (Å²) in [6, 6.07) is 3.64. The number of anilines is 1. The number of ether oxygens (including phenoxy) is 1. The molecule has 2 N–H and O–H groups in total. The zero-order valence-electron chi connectivity index (χ0n) is 12.4. The van der Waals surface area contributed by atoms with Crippen LogP contribution in [0.15, 0.2) is 17.0 Å². The highest BCUT2D eigenvalue weighted by atomic mass is 32.2. The van der Waals surface area contributed by atoms with Crippen LogP contribution >= 0.6 is 0 Å². The Bertz CT molecular complexity index is 624. The van der Waals surface area contributed by atoms with Gasteiger partial charge in [0.1, 0.15) is 4.90 Å². The molecule has 1 heterocycles. The number of nitrogen functional groups attached to an aromatic ring is 1. The molecule has 112 valence electrons. The average molecular weight is 298 g/mol. The van der Waals surface area contributed by atoms with Crippen LogP contribution in [0.5, 0.6) is 0 Å². The summed E-state index contributed by atoms with van der Waals surface area (Å²) in [4.78, 5) is 0.232. The highest BCUT2D eigenvalue weighted by Crippen LogP contribution is 2.31. The number of aryl methyl sites for hydroxylation is 2. The van der Waals surface area contributed by atoms with Crippen molar-refractivity contribution in [3.8, 4) is 0 Å². The van der Waals surface area contributed by atoms with Gasteiger partial charge in [0, 0.05) is 13.1 Å². The third-order valence-corrected chi connectivity index (χ3v) is 5.65. The number of rotatable bonds is 2. The lowest BCUT2D eigenvalue weighted by molar-refractivity contribution is -0.0640. The van der Waals surface area contributed by atoms with E-state index in [1.807, 2.05) is 26.8 Å². The maximum Gasteiger partial charge on any atom is 0.245 e. The van der Waals surface area contributed by atoms with Gasteiger partial charge >= 0.3 is 0 Å². The van der Waals surface area contributed by atoms with Gasteiger partial charge in [0.2, 0.25) is 10.0 Å². The number of sulfonamides is 1. The predicted octanol–water partition coefficient (Wildman–Crippen LogP) is 1.69. The van der Waals surface area contributed by atoms with Crippen molar-refractivity contribution in [1.29, 1.82) is 0 Å². The summed E-state index contributed by atoms with van der Waals surface area (Å²) in [5, 5.41) is 0. The Morgan fingerprint density at radius 1 is 1.25 bits per heavy atom. The number of benzene rings is 1. The van der Waals surface area contributed by atoms with Crippen LogP contribution in [0, 0.1) is 13.8 Å². The van der Waals surface area contributed by atoms with Gasteiger partial charge in [0.25, 0.3) is 0 Å². The van der Waals surface area contributed by atoms with E-state index in [2.05, 4.69) is 0 Å². The minimum Gasteiger partial charge on any atom is -0.397 e. The Labute approximate surface area is 120 Å². The van der Waals surface area contributed by atoms with Gasteiger partial charge in [0.15, 0.2) is 0 Å². The van der Waals surface area contributed by atoms with Gasteiger partial charge in [-0.05, 0) is 38.8 Å². The van der Waals surface area contributed by atoms with E-state index in [1.165, 1.54) is 4.31 Å². The zero-order chi connectivity index (χ0) is 15.1. The fourth-order valence-electron chi connectivity index (χ4n) is 2.46. The monoisotopic (exact) mass is 298 g/mol. The van der Waals surface area contributed by atoms with Gasteiger partial charge in [-0.25, -0.2) is 8.42 Å². The van der Waals surface area contributed by atoms with E-state index in [4.69, 9.17) is 10.5 Å². The number of hydrogen-bond acceptors (Lipinski definition) is 4. The van der Waals surface area contributed by atoms with Crippen molar-refractivity contribution >= 4 is 15.7 Å². The molecule has 6 heteroatoms. The van der Waals surface area contributed by atoms with Crippen molar-refractivity contribution in [2.45, 2.75) is 38.2 Å². The second-order valence-electron chi connectivity index (χ2n) is 5.89. The highest BCUT2D eigenvalue weighted by molar-refractivity contribution is 7.89. The minimum absolute atomic E-state index is 0.232. The Hall–Kier alpha value is -1.11. The molecular weight excluding hydrogens is 276 g/mol. The highest BCUT2D eigenvalue weighted by Gasteiger charge is 2.36. The summed E-state index contributed by atoms with van der Waals surface area (Å²) in [6.45, 7) is 8.46. The minimum atomic E-state index is -3.59. The van der Waals surface area contributed by atoms with Crippen LogP contribution < -0.4 is 5.73 Å². The van der Waals surface area contributed by atoms with Crippen molar-refractivity contribution in [3.63, 3.8) is 0 Å². The Morgan fingerprint density at radius 3 is 2.45 bits per heavy atom. The van der Waals surface area contributed by atoms with Crippen molar-refractivity contribution in [2.24, 2.45) is 0 Å². The Balaban J connectivity index is 2.49. The molecule has 1 aromatic rings. The number of nitrogens with two attached hydrogens (primary N) is 1. The molecule has 5 nitrogen and oxygen atoms in total. The van der Waals surface area contributed by atoms with Crippen LogP contribution in [-0.4, -0.2) is 38.0 Å². The molecule has 0 unspecified atom stereocenters. The van der Waals surface area contributed by atoms with Gasteiger partial charge < -0.3 is 10.5 Å². The summed E-state index contributed by atoms with van der Waals surface area (Å²) >= 11 is 0. The fourth-order valence-corrected chi connectivity index (χ4v) is 4.42. The molecule has 0 aromatic heterocycles. The maximum atomic E-state index is 12.9. The second kappa shape index (κ2) is 5.02. The molecule has 0 saturated carbocycles. The van der Waals surface area contributed by atoms with Crippen LogP contribution in [0.3, 0.4) is 0 Å². The van der Waals surface area contributed by atoms with E-state index >= 15 is 0 Å². The summed E-state index contributed by atoms with van der Waals surface area (Å²) in [5.74, 6) is 0. The van der Waals surface area contributed by atoms with Crippen LogP contribution in [0.25, 0.3) is 0 Å². The quantitative estimate of drug-likeness (QED) is 0.843. The summed E-state index contributed by atoms with van der Waals surface area (Å²) in [7, 11) is -3.59.